The summed E-state index contributed by atoms with van der Waals surface area (Å²) in [7, 11) is 0. The largest absolute Gasteiger partial charge is 0.394 e. The van der Waals surface area contributed by atoms with Crippen molar-refractivity contribution in [3.05, 3.63) is 36.0 Å². The van der Waals surface area contributed by atoms with E-state index in [4.69, 9.17) is 5.11 Å². The fraction of sp³-hybridized carbons (Fsp3) is 0.400. The van der Waals surface area contributed by atoms with E-state index in [0.29, 0.717) is 12.8 Å². The first-order chi connectivity index (χ1) is 9.24. The zero-order valence-electron chi connectivity index (χ0n) is 11.1. The molecule has 0 saturated heterocycles. The Balaban J connectivity index is 1.93. The summed E-state index contributed by atoms with van der Waals surface area (Å²) < 4.78 is 0. The van der Waals surface area contributed by atoms with E-state index in [1.54, 1.807) is 0 Å². The van der Waals surface area contributed by atoms with Crippen LogP contribution in [0.5, 0.6) is 0 Å². The molecule has 0 bridgehead atoms. The Hall–Kier alpha value is -1.81. The van der Waals surface area contributed by atoms with Gasteiger partial charge in [-0.1, -0.05) is 25.1 Å². The van der Waals surface area contributed by atoms with Crippen LogP contribution in [0, 0.1) is 0 Å². The summed E-state index contributed by atoms with van der Waals surface area (Å²) in [4.78, 5) is 15.0. The number of para-hydroxylation sites is 1. The van der Waals surface area contributed by atoms with E-state index < -0.39 is 0 Å². The molecular weight excluding hydrogens is 240 g/mol. The van der Waals surface area contributed by atoms with Gasteiger partial charge in [-0.15, -0.1) is 0 Å². The second-order valence-corrected chi connectivity index (χ2v) is 4.71. The predicted octanol–water partition coefficient (Wildman–Crippen LogP) is 1.99. The lowest BCUT2D eigenvalue weighted by Crippen LogP contribution is -2.36. The summed E-state index contributed by atoms with van der Waals surface area (Å²) in [6.07, 6.45) is 3.85. The highest BCUT2D eigenvalue weighted by Crippen LogP contribution is 2.18. The molecule has 0 radical (unpaired) electrons. The van der Waals surface area contributed by atoms with Gasteiger partial charge in [0.2, 0.25) is 5.91 Å². The molecule has 4 nitrogen and oxygen atoms in total. The first-order valence-electron chi connectivity index (χ1n) is 6.69. The molecule has 0 aliphatic carbocycles. The number of benzene rings is 1. The summed E-state index contributed by atoms with van der Waals surface area (Å²) in [5.41, 5.74) is 2.25. The number of amides is 1. The second kappa shape index (κ2) is 6.38. The van der Waals surface area contributed by atoms with Crippen LogP contribution in [0.4, 0.5) is 0 Å². The number of H-pyrrole nitrogens is 1. The number of aliphatic hydroxyl groups excluding tert-OH is 1. The van der Waals surface area contributed by atoms with Crippen molar-refractivity contribution in [3.63, 3.8) is 0 Å². The monoisotopic (exact) mass is 260 g/mol. The van der Waals surface area contributed by atoms with Crippen molar-refractivity contribution in [1.82, 2.24) is 10.3 Å². The molecule has 0 spiro atoms. The van der Waals surface area contributed by atoms with Gasteiger partial charge in [0.05, 0.1) is 12.6 Å². The average Bonchev–Trinajstić information content (AvgIpc) is 2.86. The van der Waals surface area contributed by atoms with Gasteiger partial charge >= 0.3 is 0 Å². The predicted molar refractivity (Wildman–Crippen MR) is 75.9 cm³/mol. The third kappa shape index (κ3) is 3.35. The SMILES string of the molecule is CC[C@H](CO)NC(=O)CCc1c[nH]c2ccccc12. The quantitative estimate of drug-likeness (QED) is 0.743. The van der Waals surface area contributed by atoms with E-state index in [1.165, 1.54) is 5.39 Å². The molecule has 4 heteroatoms. The van der Waals surface area contributed by atoms with Gasteiger partial charge in [0.25, 0.3) is 0 Å². The van der Waals surface area contributed by atoms with Crippen LogP contribution in [0.3, 0.4) is 0 Å². The van der Waals surface area contributed by atoms with E-state index >= 15 is 0 Å². The van der Waals surface area contributed by atoms with Crippen molar-refractivity contribution in [2.45, 2.75) is 32.2 Å². The van der Waals surface area contributed by atoms with Gasteiger partial charge in [0.1, 0.15) is 0 Å². The van der Waals surface area contributed by atoms with E-state index in [9.17, 15) is 4.79 Å². The van der Waals surface area contributed by atoms with Crippen LogP contribution >= 0.6 is 0 Å². The molecule has 1 atom stereocenters. The van der Waals surface area contributed by atoms with Crippen LogP contribution in [-0.4, -0.2) is 28.6 Å². The lowest BCUT2D eigenvalue weighted by atomic mass is 10.1. The van der Waals surface area contributed by atoms with Gasteiger partial charge in [-0.05, 0) is 24.5 Å². The van der Waals surface area contributed by atoms with Crippen molar-refractivity contribution in [3.8, 4) is 0 Å². The number of rotatable bonds is 6. The van der Waals surface area contributed by atoms with Gasteiger partial charge < -0.3 is 15.4 Å². The first-order valence-corrected chi connectivity index (χ1v) is 6.69. The third-order valence-electron chi connectivity index (χ3n) is 3.37. The number of aryl methyl sites for hydroxylation is 1. The summed E-state index contributed by atoms with van der Waals surface area (Å²) in [6.45, 7) is 1.94. The number of hydrogen-bond donors (Lipinski definition) is 3. The molecule has 0 unspecified atom stereocenters. The number of hydrogen-bond acceptors (Lipinski definition) is 2. The van der Waals surface area contributed by atoms with E-state index in [1.807, 2.05) is 31.3 Å². The van der Waals surface area contributed by atoms with Crippen LogP contribution in [0.1, 0.15) is 25.3 Å². The minimum Gasteiger partial charge on any atom is -0.394 e. The molecule has 0 aliphatic heterocycles. The Morgan fingerprint density at radius 3 is 2.95 bits per heavy atom. The second-order valence-electron chi connectivity index (χ2n) is 4.71. The van der Waals surface area contributed by atoms with Crippen LogP contribution in [0.2, 0.25) is 0 Å². The first kappa shape index (κ1) is 13.6. The molecule has 1 amide bonds. The summed E-state index contributed by atoms with van der Waals surface area (Å²) in [6, 6.07) is 7.94. The molecule has 19 heavy (non-hydrogen) atoms. The number of fused-ring (bicyclic) bond motifs is 1. The normalized spacial score (nSPS) is 12.5. The van der Waals surface area contributed by atoms with Crippen LogP contribution in [0.25, 0.3) is 10.9 Å². The number of aromatic amines is 1. The minimum atomic E-state index is -0.129. The minimum absolute atomic E-state index is 0.00464. The zero-order chi connectivity index (χ0) is 13.7. The van der Waals surface area contributed by atoms with Crippen molar-refractivity contribution in [2.24, 2.45) is 0 Å². The molecule has 3 N–H and O–H groups in total. The number of carbonyl (C=O) groups excluding carboxylic acids is 1. The highest BCUT2D eigenvalue weighted by Gasteiger charge is 2.10. The van der Waals surface area contributed by atoms with Gasteiger partial charge in [-0.25, -0.2) is 0 Å². The standard InChI is InChI=1S/C15H20N2O2/c1-2-12(10-18)17-15(19)8-7-11-9-16-14-6-4-3-5-13(11)14/h3-6,9,12,16,18H,2,7-8,10H2,1H3,(H,17,19)/t12-/m1/s1. The molecule has 1 heterocycles. The Morgan fingerprint density at radius 2 is 2.21 bits per heavy atom. The summed E-state index contributed by atoms with van der Waals surface area (Å²) in [5, 5.41) is 13.0. The van der Waals surface area contributed by atoms with Crippen molar-refractivity contribution in [2.75, 3.05) is 6.61 Å². The number of aromatic nitrogens is 1. The highest BCUT2D eigenvalue weighted by molar-refractivity contribution is 5.84. The lowest BCUT2D eigenvalue weighted by Gasteiger charge is -2.13. The van der Waals surface area contributed by atoms with Crippen molar-refractivity contribution in [1.29, 1.82) is 0 Å². The number of nitrogens with one attached hydrogen (secondary N) is 2. The maximum atomic E-state index is 11.8. The highest BCUT2D eigenvalue weighted by atomic mass is 16.3. The molecular formula is C15H20N2O2. The Labute approximate surface area is 112 Å². The molecule has 2 rings (SSSR count). The Kier molecular flexibility index (Phi) is 4.58. The average molecular weight is 260 g/mol. The van der Waals surface area contributed by atoms with Gasteiger partial charge in [-0.3, -0.25) is 4.79 Å². The number of carbonyl (C=O) groups is 1. The smallest absolute Gasteiger partial charge is 0.220 e. The Morgan fingerprint density at radius 1 is 1.42 bits per heavy atom. The topological polar surface area (TPSA) is 65.1 Å². The molecule has 1 aromatic carbocycles. The molecule has 0 fully saturated rings. The van der Waals surface area contributed by atoms with E-state index in [2.05, 4.69) is 16.4 Å². The van der Waals surface area contributed by atoms with Crippen molar-refractivity contribution < 1.29 is 9.90 Å². The van der Waals surface area contributed by atoms with Gasteiger partial charge in [0.15, 0.2) is 0 Å². The van der Waals surface area contributed by atoms with Gasteiger partial charge in [0, 0.05) is 23.5 Å². The fourth-order valence-corrected chi connectivity index (χ4v) is 2.16. The van der Waals surface area contributed by atoms with Crippen molar-refractivity contribution >= 4 is 16.8 Å². The summed E-state index contributed by atoms with van der Waals surface area (Å²) >= 11 is 0. The molecule has 2 aromatic rings. The molecule has 1 aromatic heterocycles. The third-order valence-corrected chi connectivity index (χ3v) is 3.37. The Bertz CT molecular complexity index is 544. The fourth-order valence-electron chi connectivity index (χ4n) is 2.16. The van der Waals surface area contributed by atoms with Crippen LogP contribution < -0.4 is 5.32 Å². The maximum absolute atomic E-state index is 11.8. The maximum Gasteiger partial charge on any atom is 0.220 e. The van der Waals surface area contributed by atoms with Crippen LogP contribution in [-0.2, 0) is 11.2 Å². The van der Waals surface area contributed by atoms with Crippen LogP contribution in [0.15, 0.2) is 30.5 Å². The summed E-state index contributed by atoms with van der Waals surface area (Å²) in [5.74, 6) is -0.00817. The molecule has 0 saturated carbocycles. The molecule has 102 valence electrons. The van der Waals surface area contributed by atoms with E-state index in [-0.39, 0.29) is 18.6 Å². The van der Waals surface area contributed by atoms with E-state index in [0.717, 1.165) is 17.5 Å². The number of aliphatic hydroxyl groups is 1. The van der Waals surface area contributed by atoms with Gasteiger partial charge in [-0.2, -0.15) is 0 Å². The molecule has 0 aliphatic rings. The zero-order valence-corrected chi connectivity index (χ0v) is 11.1. The lowest BCUT2D eigenvalue weighted by molar-refractivity contribution is -0.122.